The van der Waals surface area contributed by atoms with Crippen LogP contribution in [0, 0.1) is 0 Å². The van der Waals surface area contributed by atoms with E-state index in [2.05, 4.69) is 4.98 Å². The van der Waals surface area contributed by atoms with Gasteiger partial charge in [-0.3, -0.25) is 0 Å². The van der Waals surface area contributed by atoms with Gasteiger partial charge in [0, 0.05) is 25.7 Å². The van der Waals surface area contributed by atoms with Gasteiger partial charge >= 0.3 is 5.97 Å². The number of carboxylic acids is 1. The molecule has 0 bridgehead atoms. The summed E-state index contributed by atoms with van der Waals surface area (Å²) in [5, 5.41) is 10.4. The quantitative estimate of drug-likeness (QED) is 0.718. The van der Waals surface area contributed by atoms with Gasteiger partial charge in [0.1, 0.15) is 0 Å². The van der Waals surface area contributed by atoms with Gasteiger partial charge in [0.05, 0.1) is 12.3 Å². The van der Waals surface area contributed by atoms with Crippen LogP contribution in [0.25, 0.3) is 0 Å². The van der Waals surface area contributed by atoms with Crippen molar-refractivity contribution in [3.8, 4) is 0 Å². The Morgan fingerprint density at radius 1 is 1.60 bits per heavy atom. The number of aromatic nitrogens is 1. The van der Waals surface area contributed by atoms with Crippen molar-refractivity contribution in [2.24, 2.45) is 0 Å². The van der Waals surface area contributed by atoms with Crippen molar-refractivity contribution in [1.82, 2.24) is 4.98 Å². The SMILES string of the molecule is COCCCOCc1csc(C(=O)O)n1. The largest absolute Gasteiger partial charge is 0.476 e. The van der Waals surface area contributed by atoms with Crippen molar-refractivity contribution >= 4 is 17.3 Å². The van der Waals surface area contributed by atoms with E-state index in [0.29, 0.717) is 25.5 Å². The van der Waals surface area contributed by atoms with Crippen LogP contribution in [-0.2, 0) is 16.1 Å². The fraction of sp³-hybridized carbons (Fsp3) is 0.556. The maximum atomic E-state index is 10.5. The van der Waals surface area contributed by atoms with Crippen LogP contribution in [-0.4, -0.2) is 36.4 Å². The van der Waals surface area contributed by atoms with Crippen molar-refractivity contribution in [1.29, 1.82) is 0 Å². The highest BCUT2D eigenvalue weighted by atomic mass is 32.1. The molecule has 15 heavy (non-hydrogen) atoms. The van der Waals surface area contributed by atoms with E-state index < -0.39 is 5.97 Å². The summed E-state index contributed by atoms with van der Waals surface area (Å²) in [7, 11) is 1.64. The van der Waals surface area contributed by atoms with E-state index in [9.17, 15) is 4.79 Å². The molecule has 0 aromatic carbocycles. The molecule has 1 rings (SSSR count). The number of carbonyl (C=O) groups is 1. The molecule has 0 aliphatic rings. The zero-order valence-electron chi connectivity index (χ0n) is 8.43. The van der Waals surface area contributed by atoms with E-state index in [-0.39, 0.29) is 5.01 Å². The average molecular weight is 231 g/mol. The summed E-state index contributed by atoms with van der Waals surface area (Å²) in [6.45, 7) is 1.61. The fourth-order valence-corrected chi connectivity index (χ4v) is 1.59. The summed E-state index contributed by atoms with van der Waals surface area (Å²) in [5.41, 5.74) is 0.662. The Balaban J connectivity index is 2.23. The van der Waals surface area contributed by atoms with Crippen LogP contribution in [0.3, 0.4) is 0 Å². The van der Waals surface area contributed by atoms with Crippen molar-refractivity contribution in [2.75, 3.05) is 20.3 Å². The molecule has 84 valence electrons. The number of nitrogens with zero attached hydrogens (tertiary/aromatic N) is 1. The maximum absolute atomic E-state index is 10.5. The van der Waals surface area contributed by atoms with Gasteiger partial charge in [-0.15, -0.1) is 11.3 Å². The first-order chi connectivity index (χ1) is 7.24. The number of carboxylic acid groups (broad SMARTS) is 1. The van der Waals surface area contributed by atoms with Crippen LogP contribution < -0.4 is 0 Å². The maximum Gasteiger partial charge on any atom is 0.365 e. The molecule has 0 aliphatic heterocycles. The van der Waals surface area contributed by atoms with E-state index in [1.165, 1.54) is 0 Å². The van der Waals surface area contributed by atoms with Crippen molar-refractivity contribution < 1.29 is 19.4 Å². The number of aromatic carboxylic acids is 1. The van der Waals surface area contributed by atoms with E-state index in [0.717, 1.165) is 17.8 Å². The third-order valence-electron chi connectivity index (χ3n) is 1.62. The van der Waals surface area contributed by atoms with Gasteiger partial charge < -0.3 is 14.6 Å². The molecule has 1 heterocycles. The van der Waals surface area contributed by atoms with Gasteiger partial charge in [-0.05, 0) is 6.42 Å². The lowest BCUT2D eigenvalue weighted by molar-refractivity contribution is 0.0694. The monoisotopic (exact) mass is 231 g/mol. The van der Waals surface area contributed by atoms with E-state index in [1.807, 2.05) is 0 Å². The Labute approximate surface area is 91.7 Å². The van der Waals surface area contributed by atoms with Crippen LogP contribution in [0.1, 0.15) is 21.9 Å². The van der Waals surface area contributed by atoms with Crippen molar-refractivity contribution in [2.45, 2.75) is 13.0 Å². The van der Waals surface area contributed by atoms with Crippen LogP contribution in [0.15, 0.2) is 5.38 Å². The zero-order chi connectivity index (χ0) is 11.1. The molecule has 0 saturated heterocycles. The molecule has 0 saturated carbocycles. The van der Waals surface area contributed by atoms with Gasteiger partial charge in [-0.25, -0.2) is 9.78 Å². The number of hydrogen-bond donors (Lipinski definition) is 1. The smallest absolute Gasteiger partial charge is 0.365 e. The van der Waals surface area contributed by atoms with Gasteiger partial charge in [0.25, 0.3) is 0 Å². The third-order valence-corrected chi connectivity index (χ3v) is 2.50. The second kappa shape index (κ2) is 6.49. The number of methoxy groups -OCH3 is 1. The average Bonchev–Trinajstić information content (AvgIpc) is 2.66. The molecule has 0 aliphatic carbocycles. The Hall–Kier alpha value is -0.980. The number of thiazole rings is 1. The molecular formula is C9H13NO4S. The first-order valence-corrected chi connectivity index (χ1v) is 5.36. The second-order valence-corrected chi connectivity index (χ2v) is 3.71. The van der Waals surface area contributed by atoms with E-state index >= 15 is 0 Å². The van der Waals surface area contributed by atoms with E-state index in [1.54, 1.807) is 12.5 Å². The number of rotatable bonds is 7. The molecule has 1 aromatic rings. The summed E-state index contributed by atoms with van der Waals surface area (Å²) in [6, 6.07) is 0. The standard InChI is InChI=1S/C9H13NO4S/c1-13-3-2-4-14-5-7-6-15-8(10-7)9(11)12/h6H,2-5H2,1H3,(H,11,12). The number of ether oxygens (including phenoxy) is 2. The van der Waals surface area contributed by atoms with Gasteiger partial charge in [-0.1, -0.05) is 0 Å². The Morgan fingerprint density at radius 3 is 3.00 bits per heavy atom. The first-order valence-electron chi connectivity index (χ1n) is 4.48. The normalized spacial score (nSPS) is 10.5. The van der Waals surface area contributed by atoms with E-state index in [4.69, 9.17) is 14.6 Å². The Bertz CT molecular complexity index is 313. The third kappa shape index (κ3) is 4.37. The van der Waals surface area contributed by atoms with Crippen molar-refractivity contribution in [3.63, 3.8) is 0 Å². The lowest BCUT2D eigenvalue weighted by Gasteiger charge is -2.00. The predicted octanol–water partition coefficient (Wildman–Crippen LogP) is 1.39. The molecule has 0 atom stereocenters. The summed E-state index contributed by atoms with van der Waals surface area (Å²) < 4.78 is 10.1. The predicted molar refractivity (Wildman–Crippen MR) is 55.2 cm³/mol. The lowest BCUT2D eigenvalue weighted by atomic mass is 10.5. The van der Waals surface area contributed by atoms with Crippen LogP contribution >= 0.6 is 11.3 Å². The highest BCUT2D eigenvalue weighted by Crippen LogP contribution is 2.10. The second-order valence-electron chi connectivity index (χ2n) is 2.85. The molecule has 6 heteroatoms. The summed E-state index contributed by atoms with van der Waals surface area (Å²) in [6.07, 6.45) is 0.826. The Kier molecular flexibility index (Phi) is 5.23. The number of hydrogen-bond acceptors (Lipinski definition) is 5. The molecule has 1 aromatic heterocycles. The van der Waals surface area contributed by atoms with Crippen LogP contribution in [0.2, 0.25) is 0 Å². The summed E-state index contributed by atoms with van der Waals surface area (Å²) in [5.74, 6) is -0.995. The molecule has 0 fully saturated rings. The van der Waals surface area contributed by atoms with Gasteiger partial charge in [0.2, 0.25) is 5.01 Å². The molecule has 0 radical (unpaired) electrons. The van der Waals surface area contributed by atoms with Gasteiger partial charge in [0.15, 0.2) is 0 Å². The summed E-state index contributed by atoms with van der Waals surface area (Å²) >= 11 is 1.11. The van der Waals surface area contributed by atoms with Crippen LogP contribution in [0.4, 0.5) is 0 Å². The molecule has 0 unspecified atom stereocenters. The van der Waals surface area contributed by atoms with Crippen molar-refractivity contribution in [3.05, 3.63) is 16.1 Å². The van der Waals surface area contributed by atoms with Gasteiger partial charge in [-0.2, -0.15) is 0 Å². The minimum atomic E-state index is -0.995. The Morgan fingerprint density at radius 2 is 2.40 bits per heavy atom. The highest BCUT2D eigenvalue weighted by molar-refractivity contribution is 7.11. The fourth-order valence-electron chi connectivity index (χ4n) is 0.954. The molecule has 0 amide bonds. The minimum absolute atomic E-state index is 0.102. The topological polar surface area (TPSA) is 68.7 Å². The molecule has 1 N–H and O–H groups in total. The summed E-state index contributed by atoms with van der Waals surface area (Å²) in [4.78, 5) is 14.4. The zero-order valence-corrected chi connectivity index (χ0v) is 9.25. The highest BCUT2D eigenvalue weighted by Gasteiger charge is 2.08. The molecular weight excluding hydrogens is 218 g/mol. The lowest BCUT2D eigenvalue weighted by Crippen LogP contribution is -2.00. The molecule has 0 spiro atoms. The van der Waals surface area contributed by atoms with Crippen LogP contribution in [0.5, 0.6) is 0 Å². The first kappa shape index (κ1) is 12.1. The minimum Gasteiger partial charge on any atom is -0.476 e. The molecule has 5 nitrogen and oxygen atoms in total.